The van der Waals surface area contributed by atoms with Crippen LogP contribution in [0.5, 0.6) is 0 Å². The second-order valence-electron chi connectivity index (χ2n) is 5.74. The van der Waals surface area contributed by atoms with E-state index in [1.54, 1.807) is 20.8 Å². The zero-order valence-corrected chi connectivity index (χ0v) is 13.0. The highest BCUT2D eigenvalue weighted by Gasteiger charge is 2.40. The molecule has 0 aliphatic carbocycles. The predicted molar refractivity (Wildman–Crippen MR) is 71.5 cm³/mol. The summed E-state index contributed by atoms with van der Waals surface area (Å²) in [6.07, 6.45) is -4.31. The second-order valence-corrected chi connectivity index (χ2v) is 5.74. The van der Waals surface area contributed by atoms with Crippen LogP contribution < -0.4 is 5.32 Å². The van der Waals surface area contributed by atoms with Crippen molar-refractivity contribution in [3.8, 4) is 0 Å². The van der Waals surface area contributed by atoms with Crippen LogP contribution in [0.15, 0.2) is 0 Å². The lowest BCUT2D eigenvalue weighted by molar-refractivity contribution is -0.160. The van der Waals surface area contributed by atoms with Crippen LogP contribution in [0.3, 0.4) is 0 Å². The molecule has 0 radical (unpaired) electrons. The number of hydrogen-bond acceptors (Lipinski definition) is 4. The summed E-state index contributed by atoms with van der Waals surface area (Å²) in [6.45, 7) is 7.41. The molecule has 0 amide bonds. The molecule has 20 heavy (non-hydrogen) atoms. The van der Waals surface area contributed by atoms with E-state index in [2.05, 4.69) is 5.32 Å². The number of carbonyl (C=O) groups excluding carboxylic acids is 1. The number of carbonyl (C=O) groups is 1. The van der Waals surface area contributed by atoms with Gasteiger partial charge < -0.3 is 4.74 Å². The molecule has 7 heteroatoms. The molecule has 0 aliphatic heterocycles. The average molecular weight is 298 g/mol. The summed E-state index contributed by atoms with van der Waals surface area (Å²) in [7, 11) is 1.23. The fourth-order valence-electron chi connectivity index (χ4n) is 2.09. The average Bonchev–Trinajstić information content (AvgIpc) is 2.23. The largest absolute Gasteiger partial charge is 0.468 e. The van der Waals surface area contributed by atoms with Gasteiger partial charge >= 0.3 is 12.1 Å². The molecule has 0 saturated heterocycles. The highest BCUT2D eigenvalue weighted by Crippen LogP contribution is 2.21. The van der Waals surface area contributed by atoms with E-state index in [0.717, 1.165) is 0 Å². The van der Waals surface area contributed by atoms with Gasteiger partial charge in [0.2, 0.25) is 0 Å². The summed E-state index contributed by atoms with van der Waals surface area (Å²) in [5, 5.41) is 2.99. The Bertz CT molecular complexity index is 319. The Morgan fingerprint density at radius 1 is 1.20 bits per heavy atom. The van der Waals surface area contributed by atoms with Crippen LogP contribution >= 0.6 is 0 Å². The normalized spacial score (nSPS) is 15.8. The molecule has 0 bridgehead atoms. The lowest BCUT2D eigenvalue weighted by Crippen LogP contribution is -2.61. The zero-order chi connectivity index (χ0) is 16.1. The topological polar surface area (TPSA) is 41.6 Å². The van der Waals surface area contributed by atoms with E-state index >= 15 is 0 Å². The van der Waals surface area contributed by atoms with Crippen LogP contribution in [0.2, 0.25) is 0 Å². The van der Waals surface area contributed by atoms with Crippen molar-refractivity contribution < 1.29 is 22.7 Å². The van der Waals surface area contributed by atoms with Gasteiger partial charge in [0.15, 0.2) is 0 Å². The molecule has 0 aliphatic rings. The fraction of sp³-hybridized carbons (Fsp3) is 0.923. The Balaban J connectivity index is 5.13. The summed E-state index contributed by atoms with van der Waals surface area (Å²) < 4.78 is 42.5. The maximum atomic E-state index is 12.6. The Kier molecular flexibility index (Phi) is 6.97. The lowest BCUT2D eigenvalue weighted by Gasteiger charge is -2.37. The van der Waals surface area contributed by atoms with Crippen molar-refractivity contribution >= 4 is 5.97 Å². The van der Waals surface area contributed by atoms with Crippen molar-refractivity contribution in [2.24, 2.45) is 0 Å². The van der Waals surface area contributed by atoms with E-state index in [1.165, 1.54) is 12.0 Å². The third-order valence-corrected chi connectivity index (χ3v) is 2.88. The minimum atomic E-state index is -4.31. The van der Waals surface area contributed by atoms with Crippen LogP contribution in [0, 0.1) is 0 Å². The van der Waals surface area contributed by atoms with Gasteiger partial charge in [0.25, 0.3) is 0 Å². The Morgan fingerprint density at radius 2 is 1.70 bits per heavy atom. The summed E-state index contributed by atoms with van der Waals surface area (Å²) in [4.78, 5) is 13.1. The first-order valence-corrected chi connectivity index (χ1v) is 6.58. The Hall–Kier alpha value is -0.820. The van der Waals surface area contributed by atoms with E-state index in [1.807, 2.05) is 13.8 Å². The first-order chi connectivity index (χ1) is 8.91. The van der Waals surface area contributed by atoms with Crippen molar-refractivity contribution in [1.29, 1.82) is 0 Å². The summed E-state index contributed by atoms with van der Waals surface area (Å²) in [5.41, 5.74) is -1.18. The smallest absolute Gasteiger partial charge is 0.401 e. The number of halogens is 3. The maximum absolute atomic E-state index is 12.6. The molecule has 0 heterocycles. The molecule has 0 aromatic heterocycles. The molecular weight excluding hydrogens is 273 g/mol. The molecule has 0 aromatic rings. The van der Waals surface area contributed by atoms with Crippen LogP contribution in [-0.4, -0.2) is 54.9 Å². The van der Waals surface area contributed by atoms with E-state index in [-0.39, 0.29) is 18.6 Å². The van der Waals surface area contributed by atoms with Gasteiger partial charge in [-0.15, -0.1) is 0 Å². The molecule has 120 valence electrons. The first kappa shape index (κ1) is 19.2. The number of ether oxygens (including phenoxy) is 1. The van der Waals surface area contributed by atoms with Crippen molar-refractivity contribution in [2.75, 3.05) is 20.2 Å². The zero-order valence-electron chi connectivity index (χ0n) is 13.0. The highest BCUT2D eigenvalue weighted by atomic mass is 19.4. The summed E-state index contributed by atoms with van der Waals surface area (Å²) >= 11 is 0. The van der Waals surface area contributed by atoms with Gasteiger partial charge in [0.05, 0.1) is 13.7 Å². The molecule has 0 saturated carbocycles. The van der Waals surface area contributed by atoms with Gasteiger partial charge in [-0.1, -0.05) is 0 Å². The summed E-state index contributed by atoms with van der Waals surface area (Å²) in [6, 6.07) is -0.395. The van der Waals surface area contributed by atoms with Gasteiger partial charge in [0.1, 0.15) is 5.54 Å². The van der Waals surface area contributed by atoms with Crippen molar-refractivity contribution in [3.05, 3.63) is 0 Å². The quantitative estimate of drug-likeness (QED) is 0.732. The predicted octanol–water partition coefficient (Wildman–Crippen LogP) is 2.19. The number of methoxy groups -OCH3 is 1. The monoisotopic (exact) mass is 298 g/mol. The fourth-order valence-corrected chi connectivity index (χ4v) is 2.09. The number of alkyl halides is 3. The van der Waals surface area contributed by atoms with Crippen LogP contribution in [-0.2, 0) is 9.53 Å². The molecule has 0 rings (SSSR count). The first-order valence-electron chi connectivity index (χ1n) is 6.58. The minimum Gasteiger partial charge on any atom is -0.468 e. The number of rotatable bonds is 7. The van der Waals surface area contributed by atoms with Crippen LogP contribution in [0.25, 0.3) is 0 Å². The van der Waals surface area contributed by atoms with E-state index in [9.17, 15) is 18.0 Å². The van der Waals surface area contributed by atoms with Gasteiger partial charge in [0, 0.05) is 18.6 Å². The van der Waals surface area contributed by atoms with E-state index in [4.69, 9.17) is 4.74 Å². The van der Waals surface area contributed by atoms with Gasteiger partial charge in [-0.05, 0) is 34.6 Å². The molecular formula is C13H25F3N2O2. The Labute approximate surface area is 118 Å². The maximum Gasteiger partial charge on any atom is 0.401 e. The van der Waals surface area contributed by atoms with Crippen molar-refractivity contribution in [2.45, 2.75) is 58.4 Å². The van der Waals surface area contributed by atoms with Gasteiger partial charge in [-0.25, -0.2) is 0 Å². The molecule has 1 unspecified atom stereocenters. The molecule has 0 spiro atoms. The lowest BCUT2D eigenvalue weighted by atomic mass is 9.99. The molecule has 1 atom stereocenters. The molecule has 4 nitrogen and oxygen atoms in total. The molecule has 1 N–H and O–H groups in total. The minimum absolute atomic E-state index is 0.0565. The van der Waals surface area contributed by atoms with Crippen molar-refractivity contribution in [3.63, 3.8) is 0 Å². The van der Waals surface area contributed by atoms with Gasteiger partial charge in [-0.2, -0.15) is 13.2 Å². The van der Waals surface area contributed by atoms with Gasteiger partial charge in [-0.3, -0.25) is 15.0 Å². The number of esters is 1. The second kappa shape index (κ2) is 7.26. The SMILES string of the molecule is COC(=O)C(C)(CN(CC(F)(F)F)C(C)C)NC(C)C. The standard InChI is InChI=1S/C13H25F3N2O2/c1-9(2)17-12(5,11(19)20-6)7-18(10(3)4)8-13(14,15)16/h9-10,17H,7-8H2,1-6H3. The van der Waals surface area contributed by atoms with Crippen LogP contribution in [0.4, 0.5) is 13.2 Å². The van der Waals surface area contributed by atoms with E-state index < -0.39 is 24.2 Å². The number of nitrogens with zero attached hydrogens (tertiary/aromatic N) is 1. The van der Waals surface area contributed by atoms with Crippen molar-refractivity contribution in [1.82, 2.24) is 10.2 Å². The molecule has 0 aromatic carbocycles. The summed E-state index contributed by atoms with van der Waals surface area (Å²) in [5.74, 6) is -0.570. The number of hydrogen-bond donors (Lipinski definition) is 1. The molecule has 0 fully saturated rings. The third-order valence-electron chi connectivity index (χ3n) is 2.88. The van der Waals surface area contributed by atoms with Crippen LogP contribution in [0.1, 0.15) is 34.6 Å². The number of nitrogens with one attached hydrogen (secondary N) is 1. The highest BCUT2D eigenvalue weighted by molar-refractivity contribution is 5.80. The Morgan fingerprint density at radius 3 is 2.00 bits per heavy atom. The third kappa shape index (κ3) is 6.56. The van der Waals surface area contributed by atoms with E-state index in [0.29, 0.717) is 0 Å².